The van der Waals surface area contributed by atoms with Crippen molar-refractivity contribution in [1.29, 1.82) is 0 Å². The molecule has 4 rings (SSSR count). The molecule has 0 radical (unpaired) electrons. The summed E-state index contributed by atoms with van der Waals surface area (Å²) in [5.74, 6) is -0.854. The molecule has 166 valence electrons. The van der Waals surface area contributed by atoms with Crippen molar-refractivity contribution < 1.29 is 24.0 Å². The first kappa shape index (κ1) is 22.4. The highest BCUT2D eigenvalue weighted by Gasteiger charge is 2.30. The van der Waals surface area contributed by atoms with E-state index < -0.39 is 16.8 Å². The number of nitro benzene ring substituents is 1. The van der Waals surface area contributed by atoms with Crippen LogP contribution in [0.3, 0.4) is 0 Å². The zero-order valence-electron chi connectivity index (χ0n) is 16.8. The molecular formula is C22H13BrClN3O6. The van der Waals surface area contributed by atoms with Crippen LogP contribution in [0.5, 0.6) is 0 Å². The Morgan fingerprint density at radius 3 is 2.67 bits per heavy atom. The number of benzene rings is 2. The number of nitro groups is 1. The molecule has 0 atom stereocenters. The highest BCUT2D eigenvalue weighted by atomic mass is 79.9. The molecule has 1 aliphatic rings. The summed E-state index contributed by atoms with van der Waals surface area (Å²) < 4.78 is 6.31. The maximum absolute atomic E-state index is 13.0. The first-order chi connectivity index (χ1) is 15.7. The van der Waals surface area contributed by atoms with Crippen LogP contribution < -0.4 is 5.01 Å². The van der Waals surface area contributed by atoms with Crippen molar-refractivity contribution in [3.8, 4) is 11.3 Å². The van der Waals surface area contributed by atoms with Gasteiger partial charge in [0.15, 0.2) is 0 Å². The molecule has 0 bridgehead atoms. The Balaban J connectivity index is 1.63. The van der Waals surface area contributed by atoms with Crippen molar-refractivity contribution in [3.05, 3.63) is 85.0 Å². The van der Waals surface area contributed by atoms with Gasteiger partial charge in [-0.15, -0.1) is 0 Å². The van der Waals surface area contributed by atoms with Gasteiger partial charge in [0.2, 0.25) is 0 Å². The van der Waals surface area contributed by atoms with Gasteiger partial charge in [-0.3, -0.25) is 14.9 Å². The van der Waals surface area contributed by atoms with Gasteiger partial charge in [0.25, 0.3) is 11.6 Å². The third kappa shape index (κ3) is 4.30. The van der Waals surface area contributed by atoms with Gasteiger partial charge in [-0.25, -0.2) is 4.79 Å². The largest absolute Gasteiger partial charge is 0.478 e. The van der Waals surface area contributed by atoms with E-state index in [1.54, 1.807) is 25.1 Å². The van der Waals surface area contributed by atoms with Gasteiger partial charge in [0, 0.05) is 22.2 Å². The third-order valence-corrected chi connectivity index (χ3v) is 5.82. The molecule has 2 aromatic carbocycles. The Morgan fingerprint density at radius 1 is 1.24 bits per heavy atom. The molecule has 33 heavy (non-hydrogen) atoms. The topological polar surface area (TPSA) is 126 Å². The number of hydrogen-bond acceptors (Lipinski definition) is 6. The summed E-state index contributed by atoms with van der Waals surface area (Å²) in [5, 5.41) is 25.6. The fourth-order valence-electron chi connectivity index (χ4n) is 3.20. The van der Waals surface area contributed by atoms with Crippen LogP contribution in [0.4, 0.5) is 11.4 Å². The van der Waals surface area contributed by atoms with Gasteiger partial charge in [-0.1, -0.05) is 11.6 Å². The molecule has 1 amide bonds. The predicted octanol–water partition coefficient (Wildman–Crippen LogP) is 5.78. The average Bonchev–Trinajstić information content (AvgIpc) is 3.34. The van der Waals surface area contributed by atoms with Gasteiger partial charge in [-0.05, 0) is 65.3 Å². The minimum atomic E-state index is -1.22. The number of non-ortho nitro benzene ring substituents is 1. The lowest BCUT2D eigenvalue weighted by molar-refractivity contribution is -0.384. The Labute approximate surface area is 199 Å². The van der Waals surface area contributed by atoms with Crippen LogP contribution in [0.1, 0.15) is 23.0 Å². The second kappa shape index (κ2) is 8.64. The molecule has 0 aliphatic carbocycles. The number of hydrogen-bond donors (Lipinski definition) is 1. The molecule has 9 nitrogen and oxygen atoms in total. The molecule has 1 aromatic heterocycles. The zero-order chi connectivity index (χ0) is 23.9. The third-order valence-electron chi connectivity index (χ3n) is 4.83. The normalized spacial score (nSPS) is 14.6. The lowest BCUT2D eigenvalue weighted by Crippen LogP contribution is -2.21. The quantitative estimate of drug-likeness (QED) is 0.253. The Kier molecular flexibility index (Phi) is 5.88. The number of carbonyl (C=O) groups is 2. The van der Waals surface area contributed by atoms with Crippen LogP contribution in [-0.2, 0) is 4.79 Å². The van der Waals surface area contributed by atoms with Crippen LogP contribution in [0, 0.1) is 10.1 Å². The molecule has 1 N–H and O–H groups in total. The van der Waals surface area contributed by atoms with Crippen molar-refractivity contribution in [2.24, 2.45) is 5.10 Å². The molecule has 1 aliphatic heterocycles. The van der Waals surface area contributed by atoms with Crippen molar-refractivity contribution in [2.75, 3.05) is 5.01 Å². The number of amides is 1. The lowest BCUT2D eigenvalue weighted by Gasteiger charge is -2.12. The molecule has 2 heterocycles. The SMILES string of the molecule is CC1=NN(c2ccc(Cl)c(C(=O)O)c2)C(=O)C1=Cc1ccc(-c2ccc([N+](=O)[O-])cc2Br)o1. The number of furan rings is 1. The Bertz CT molecular complexity index is 1390. The average molecular weight is 531 g/mol. The number of halogens is 2. The summed E-state index contributed by atoms with van der Waals surface area (Å²) in [6.07, 6.45) is 1.53. The second-order valence-electron chi connectivity index (χ2n) is 6.95. The van der Waals surface area contributed by atoms with E-state index in [1.807, 2.05) is 0 Å². The molecule has 11 heteroatoms. The van der Waals surface area contributed by atoms with Crippen LogP contribution in [0.15, 0.2) is 68.1 Å². The fourth-order valence-corrected chi connectivity index (χ4v) is 3.96. The van der Waals surface area contributed by atoms with Crippen molar-refractivity contribution in [1.82, 2.24) is 0 Å². The van der Waals surface area contributed by atoms with Crippen molar-refractivity contribution >= 4 is 62.6 Å². The Morgan fingerprint density at radius 2 is 2.00 bits per heavy atom. The van der Waals surface area contributed by atoms with Gasteiger partial charge in [0.05, 0.1) is 32.5 Å². The lowest BCUT2D eigenvalue weighted by atomic mass is 10.1. The second-order valence-corrected chi connectivity index (χ2v) is 8.21. The van der Waals surface area contributed by atoms with E-state index in [-0.39, 0.29) is 27.5 Å². The summed E-state index contributed by atoms with van der Waals surface area (Å²) in [6, 6.07) is 11.8. The minimum absolute atomic E-state index is 0.0508. The van der Waals surface area contributed by atoms with Crippen molar-refractivity contribution in [3.63, 3.8) is 0 Å². The number of anilines is 1. The first-order valence-electron chi connectivity index (χ1n) is 9.34. The summed E-state index contributed by atoms with van der Waals surface area (Å²) in [4.78, 5) is 34.8. The summed E-state index contributed by atoms with van der Waals surface area (Å²) >= 11 is 9.22. The molecule has 0 unspecified atom stereocenters. The smallest absolute Gasteiger partial charge is 0.337 e. The van der Waals surface area contributed by atoms with Gasteiger partial charge < -0.3 is 9.52 Å². The molecule has 0 saturated carbocycles. The number of carbonyl (C=O) groups excluding carboxylic acids is 1. The van der Waals surface area contributed by atoms with Gasteiger partial charge >= 0.3 is 5.97 Å². The summed E-state index contributed by atoms with van der Waals surface area (Å²) in [7, 11) is 0. The predicted molar refractivity (Wildman–Crippen MR) is 125 cm³/mol. The van der Waals surface area contributed by atoms with E-state index >= 15 is 0 Å². The number of carboxylic acid groups (broad SMARTS) is 1. The molecule has 0 fully saturated rings. The van der Waals surface area contributed by atoms with E-state index in [9.17, 15) is 24.8 Å². The van der Waals surface area contributed by atoms with Crippen LogP contribution in [-0.4, -0.2) is 27.6 Å². The zero-order valence-corrected chi connectivity index (χ0v) is 19.1. The molecule has 0 saturated heterocycles. The molecule has 3 aromatic rings. The fraction of sp³-hybridized carbons (Fsp3) is 0.0455. The summed E-state index contributed by atoms with van der Waals surface area (Å²) in [5.41, 5.74) is 1.36. The highest BCUT2D eigenvalue weighted by Crippen LogP contribution is 2.34. The number of nitrogens with zero attached hydrogens (tertiary/aromatic N) is 3. The van der Waals surface area contributed by atoms with Gasteiger partial charge in [0.1, 0.15) is 11.5 Å². The Hall–Kier alpha value is -3.76. The standard InChI is InChI=1S/C22H13BrClN3O6/c1-11-16(21(28)26(25-11)12-3-6-19(24)17(8-12)22(29)30)10-14-4-7-20(33-14)15-5-2-13(27(31)32)9-18(15)23/h2-10H,1H3,(H,29,30). The van der Waals surface area contributed by atoms with Crippen LogP contribution in [0.25, 0.3) is 17.4 Å². The van der Waals surface area contributed by atoms with Crippen LogP contribution >= 0.6 is 27.5 Å². The molecular weight excluding hydrogens is 518 g/mol. The first-order valence-corrected chi connectivity index (χ1v) is 10.5. The van der Waals surface area contributed by atoms with E-state index in [4.69, 9.17) is 16.0 Å². The van der Waals surface area contributed by atoms with Gasteiger partial charge in [-0.2, -0.15) is 10.1 Å². The van der Waals surface area contributed by atoms with E-state index in [0.29, 0.717) is 27.3 Å². The number of aromatic carboxylic acids is 1. The van der Waals surface area contributed by atoms with E-state index in [0.717, 1.165) is 5.01 Å². The van der Waals surface area contributed by atoms with Crippen LogP contribution in [0.2, 0.25) is 5.02 Å². The molecule has 0 spiro atoms. The van der Waals surface area contributed by atoms with E-state index in [1.165, 1.54) is 36.4 Å². The monoisotopic (exact) mass is 529 g/mol. The number of hydrazone groups is 1. The number of carboxylic acids is 1. The maximum atomic E-state index is 13.0. The van der Waals surface area contributed by atoms with E-state index in [2.05, 4.69) is 21.0 Å². The number of rotatable bonds is 5. The highest BCUT2D eigenvalue weighted by molar-refractivity contribution is 9.10. The minimum Gasteiger partial charge on any atom is -0.478 e. The maximum Gasteiger partial charge on any atom is 0.337 e. The summed E-state index contributed by atoms with van der Waals surface area (Å²) in [6.45, 7) is 1.65. The van der Waals surface area contributed by atoms with Crippen molar-refractivity contribution in [2.45, 2.75) is 6.92 Å².